The van der Waals surface area contributed by atoms with Gasteiger partial charge in [0.2, 0.25) is 0 Å². The van der Waals surface area contributed by atoms with E-state index in [1.165, 1.54) is 6.92 Å². The number of ether oxygens (including phenoxy) is 1. The number of hydrogen-bond donors (Lipinski definition) is 2. The zero-order chi connectivity index (χ0) is 18.6. The summed E-state index contributed by atoms with van der Waals surface area (Å²) in [6, 6.07) is 7.74. The summed E-state index contributed by atoms with van der Waals surface area (Å²) in [5.41, 5.74) is 1.30. The van der Waals surface area contributed by atoms with Crippen molar-refractivity contribution in [1.82, 2.24) is 4.90 Å². The van der Waals surface area contributed by atoms with E-state index < -0.39 is 17.8 Å². The van der Waals surface area contributed by atoms with Crippen LogP contribution in [-0.2, 0) is 9.53 Å². The van der Waals surface area contributed by atoms with Gasteiger partial charge in [0.25, 0.3) is 5.91 Å². The number of hydrogen-bond acceptors (Lipinski definition) is 4. The van der Waals surface area contributed by atoms with Crippen molar-refractivity contribution < 1.29 is 19.4 Å². The van der Waals surface area contributed by atoms with Crippen molar-refractivity contribution in [2.45, 2.75) is 58.2 Å². The van der Waals surface area contributed by atoms with Gasteiger partial charge in [0.05, 0.1) is 0 Å². The molecular weight excluding hydrogens is 320 g/mol. The Labute approximate surface area is 149 Å². The number of rotatable bonds is 3. The van der Waals surface area contributed by atoms with E-state index in [1.807, 2.05) is 45.0 Å². The van der Waals surface area contributed by atoms with Gasteiger partial charge >= 0.3 is 6.09 Å². The molecule has 1 atom stereocenters. The lowest BCUT2D eigenvalue weighted by Crippen LogP contribution is -2.42. The zero-order valence-electron chi connectivity index (χ0n) is 15.4. The molecule has 0 saturated carbocycles. The molecule has 1 fully saturated rings. The van der Waals surface area contributed by atoms with Gasteiger partial charge in [-0.1, -0.05) is 12.1 Å². The highest BCUT2D eigenvalue weighted by molar-refractivity contribution is 5.85. The van der Waals surface area contributed by atoms with E-state index in [-0.39, 0.29) is 5.91 Å². The zero-order valence-corrected chi connectivity index (χ0v) is 15.4. The lowest BCUT2D eigenvalue weighted by atomic mass is 9.89. The van der Waals surface area contributed by atoms with Gasteiger partial charge in [0.1, 0.15) is 11.7 Å². The molecule has 2 amide bonds. The van der Waals surface area contributed by atoms with Crippen molar-refractivity contribution in [3.05, 3.63) is 29.8 Å². The fourth-order valence-corrected chi connectivity index (χ4v) is 2.99. The average molecular weight is 348 g/mol. The second-order valence-electron chi connectivity index (χ2n) is 7.53. The summed E-state index contributed by atoms with van der Waals surface area (Å²) in [5, 5.41) is 12.2. The van der Waals surface area contributed by atoms with E-state index in [4.69, 9.17) is 4.74 Å². The van der Waals surface area contributed by atoms with Crippen LogP contribution in [0.25, 0.3) is 0 Å². The lowest BCUT2D eigenvalue weighted by molar-refractivity contribution is -0.140. The molecule has 0 aromatic heterocycles. The van der Waals surface area contributed by atoms with E-state index in [0.717, 1.165) is 18.4 Å². The van der Waals surface area contributed by atoms with Crippen molar-refractivity contribution in [3.63, 3.8) is 0 Å². The van der Waals surface area contributed by atoms with Crippen LogP contribution >= 0.6 is 0 Å². The van der Waals surface area contributed by atoms with Crippen LogP contribution < -0.4 is 5.32 Å². The molecule has 2 rings (SSSR count). The van der Waals surface area contributed by atoms with Gasteiger partial charge in [-0.05, 0) is 64.2 Å². The maximum atomic E-state index is 11.9. The molecule has 1 aliphatic heterocycles. The van der Waals surface area contributed by atoms with Gasteiger partial charge in [0.15, 0.2) is 0 Å². The van der Waals surface area contributed by atoms with Gasteiger partial charge in [-0.25, -0.2) is 4.79 Å². The van der Waals surface area contributed by atoms with Crippen molar-refractivity contribution in [2.24, 2.45) is 0 Å². The number of piperidine rings is 1. The number of likely N-dealkylation sites (tertiary alicyclic amines) is 1. The number of amides is 2. The Morgan fingerprint density at radius 1 is 1.28 bits per heavy atom. The number of carbonyl (C=O) groups excluding carboxylic acids is 2. The predicted octanol–water partition coefficient (Wildman–Crippen LogP) is 3.12. The topological polar surface area (TPSA) is 78.9 Å². The first-order valence-electron chi connectivity index (χ1n) is 8.72. The summed E-state index contributed by atoms with van der Waals surface area (Å²) in [6.07, 6.45) is 0.266. The average Bonchev–Trinajstić information content (AvgIpc) is 2.52. The molecule has 6 heteroatoms. The van der Waals surface area contributed by atoms with Crippen LogP contribution in [0.3, 0.4) is 0 Å². The van der Waals surface area contributed by atoms with Crippen LogP contribution in [0.15, 0.2) is 24.3 Å². The first kappa shape index (κ1) is 19.2. The van der Waals surface area contributed by atoms with E-state index in [1.54, 1.807) is 4.90 Å². The van der Waals surface area contributed by atoms with Gasteiger partial charge in [-0.15, -0.1) is 0 Å². The predicted molar refractivity (Wildman–Crippen MR) is 96.5 cm³/mol. The van der Waals surface area contributed by atoms with Crippen LogP contribution in [0.2, 0.25) is 0 Å². The Balaban J connectivity index is 1.96. The molecule has 138 valence electrons. The maximum Gasteiger partial charge on any atom is 0.412 e. The molecule has 2 N–H and O–H groups in total. The van der Waals surface area contributed by atoms with Crippen LogP contribution in [-0.4, -0.2) is 46.8 Å². The minimum absolute atomic E-state index is 0.209. The summed E-state index contributed by atoms with van der Waals surface area (Å²) in [4.78, 5) is 25.5. The van der Waals surface area contributed by atoms with Gasteiger partial charge < -0.3 is 14.7 Å². The SMILES string of the molecule is C[C@H](O)C(=O)N1CCC(c2cccc(NC(=O)OC(C)(C)C)c2)CC1. The molecular formula is C19H28N2O4. The van der Waals surface area contributed by atoms with Crippen molar-refractivity contribution >= 4 is 17.7 Å². The molecule has 6 nitrogen and oxygen atoms in total. The number of anilines is 1. The van der Waals surface area contributed by atoms with Crippen molar-refractivity contribution in [3.8, 4) is 0 Å². The molecule has 1 heterocycles. The Bertz CT molecular complexity index is 614. The summed E-state index contributed by atoms with van der Waals surface area (Å²) < 4.78 is 5.27. The van der Waals surface area contributed by atoms with Crippen LogP contribution in [0.5, 0.6) is 0 Å². The summed E-state index contributed by atoms with van der Waals surface area (Å²) in [6.45, 7) is 8.25. The number of aliphatic hydroxyl groups is 1. The molecule has 0 bridgehead atoms. The Morgan fingerprint density at radius 3 is 2.48 bits per heavy atom. The number of nitrogens with zero attached hydrogens (tertiary/aromatic N) is 1. The Morgan fingerprint density at radius 2 is 1.92 bits per heavy atom. The molecule has 0 radical (unpaired) electrons. The molecule has 25 heavy (non-hydrogen) atoms. The quantitative estimate of drug-likeness (QED) is 0.880. The fraction of sp³-hybridized carbons (Fsp3) is 0.579. The second-order valence-corrected chi connectivity index (χ2v) is 7.53. The summed E-state index contributed by atoms with van der Waals surface area (Å²) in [5.74, 6) is 0.122. The molecule has 1 aliphatic rings. The third kappa shape index (κ3) is 5.74. The highest BCUT2D eigenvalue weighted by atomic mass is 16.6. The monoisotopic (exact) mass is 348 g/mol. The minimum Gasteiger partial charge on any atom is -0.444 e. The minimum atomic E-state index is -0.946. The lowest BCUT2D eigenvalue weighted by Gasteiger charge is -2.33. The molecule has 1 aromatic rings. The smallest absolute Gasteiger partial charge is 0.412 e. The number of aliphatic hydroxyl groups excluding tert-OH is 1. The number of nitrogens with one attached hydrogen (secondary N) is 1. The normalized spacial score (nSPS) is 17.1. The van der Waals surface area contributed by atoms with Gasteiger partial charge in [0, 0.05) is 18.8 Å². The fourth-order valence-electron chi connectivity index (χ4n) is 2.99. The Hall–Kier alpha value is -2.08. The van der Waals surface area contributed by atoms with E-state index >= 15 is 0 Å². The first-order chi connectivity index (χ1) is 11.7. The molecule has 0 aliphatic carbocycles. The number of carbonyl (C=O) groups is 2. The van der Waals surface area contributed by atoms with Crippen molar-refractivity contribution in [1.29, 1.82) is 0 Å². The molecule has 0 spiro atoms. The van der Waals surface area contributed by atoms with Crippen LogP contribution in [0.1, 0.15) is 52.0 Å². The summed E-state index contributed by atoms with van der Waals surface area (Å²) in [7, 11) is 0. The molecule has 1 saturated heterocycles. The molecule has 1 aromatic carbocycles. The van der Waals surface area contributed by atoms with Crippen LogP contribution in [0.4, 0.5) is 10.5 Å². The highest BCUT2D eigenvalue weighted by Gasteiger charge is 2.26. The third-order valence-corrected chi connectivity index (χ3v) is 4.17. The standard InChI is InChI=1S/C19H28N2O4/c1-13(22)17(23)21-10-8-14(9-11-21)15-6-5-7-16(12-15)20-18(24)25-19(2,3)4/h5-7,12-14,22H,8-11H2,1-4H3,(H,20,24)/t13-/m0/s1. The third-order valence-electron chi connectivity index (χ3n) is 4.17. The number of benzene rings is 1. The second kappa shape index (κ2) is 7.87. The largest absolute Gasteiger partial charge is 0.444 e. The van der Waals surface area contributed by atoms with Gasteiger partial charge in [-0.2, -0.15) is 0 Å². The van der Waals surface area contributed by atoms with E-state index in [2.05, 4.69) is 5.32 Å². The van der Waals surface area contributed by atoms with E-state index in [0.29, 0.717) is 24.7 Å². The first-order valence-corrected chi connectivity index (χ1v) is 8.72. The molecule has 0 unspecified atom stereocenters. The Kier molecular flexibility index (Phi) is 6.06. The van der Waals surface area contributed by atoms with Gasteiger partial charge in [-0.3, -0.25) is 10.1 Å². The van der Waals surface area contributed by atoms with Crippen LogP contribution in [0, 0.1) is 0 Å². The van der Waals surface area contributed by atoms with E-state index in [9.17, 15) is 14.7 Å². The maximum absolute atomic E-state index is 11.9. The highest BCUT2D eigenvalue weighted by Crippen LogP contribution is 2.30. The summed E-state index contributed by atoms with van der Waals surface area (Å²) >= 11 is 0. The van der Waals surface area contributed by atoms with Crippen molar-refractivity contribution in [2.75, 3.05) is 18.4 Å².